The SMILES string of the molecule is COc1cccc(NC(=O)CC[C@@H]2CCCO2)c1. The van der Waals surface area contributed by atoms with Gasteiger partial charge in [0.25, 0.3) is 0 Å². The molecule has 1 heterocycles. The number of carbonyl (C=O) groups is 1. The third-order valence-corrected chi connectivity index (χ3v) is 3.07. The molecule has 0 saturated carbocycles. The van der Waals surface area contributed by atoms with Crippen molar-refractivity contribution in [2.75, 3.05) is 19.0 Å². The summed E-state index contributed by atoms with van der Waals surface area (Å²) in [6.07, 6.45) is 3.76. The Balaban J connectivity index is 1.78. The maximum absolute atomic E-state index is 11.8. The second-order valence-electron chi connectivity index (χ2n) is 4.45. The van der Waals surface area contributed by atoms with Crippen LogP contribution >= 0.6 is 0 Å². The summed E-state index contributed by atoms with van der Waals surface area (Å²) in [5, 5.41) is 2.87. The largest absolute Gasteiger partial charge is 0.497 e. The Bertz CT molecular complexity index is 400. The van der Waals surface area contributed by atoms with Gasteiger partial charge in [-0.2, -0.15) is 0 Å². The van der Waals surface area contributed by atoms with E-state index in [1.807, 2.05) is 24.3 Å². The van der Waals surface area contributed by atoms with Gasteiger partial charge in [0.15, 0.2) is 0 Å². The van der Waals surface area contributed by atoms with Crippen LogP contribution in [-0.2, 0) is 9.53 Å². The standard InChI is InChI=1S/C14H19NO3/c1-17-13-5-2-4-11(10-13)15-14(16)8-7-12-6-3-9-18-12/h2,4-5,10,12H,3,6-9H2,1H3,(H,15,16)/t12-/m0/s1. The monoisotopic (exact) mass is 249 g/mol. The summed E-state index contributed by atoms with van der Waals surface area (Å²) in [5.41, 5.74) is 0.770. The molecule has 1 atom stereocenters. The summed E-state index contributed by atoms with van der Waals surface area (Å²) in [7, 11) is 1.61. The second kappa shape index (κ2) is 6.40. The molecule has 1 fully saturated rings. The van der Waals surface area contributed by atoms with Crippen LogP contribution in [0.2, 0.25) is 0 Å². The molecule has 0 aliphatic carbocycles. The first-order chi connectivity index (χ1) is 8.78. The minimum Gasteiger partial charge on any atom is -0.497 e. The molecule has 0 spiro atoms. The average molecular weight is 249 g/mol. The number of ether oxygens (including phenoxy) is 2. The minimum absolute atomic E-state index is 0.0266. The molecule has 1 amide bonds. The Morgan fingerprint density at radius 1 is 1.56 bits per heavy atom. The maximum Gasteiger partial charge on any atom is 0.224 e. The molecule has 98 valence electrons. The van der Waals surface area contributed by atoms with Crippen molar-refractivity contribution in [1.29, 1.82) is 0 Å². The Morgan fingerprint density at radius 2 is 2.44 bits per heavy atom. The first-order valence-corrected chi connectivity index (χ1v) is 6.33. The van der Waals surface area contributed by atoms with Crippen molar-refractivity contribution in [3.05, 3.63) is 24.3 Å². The highest BCUT2D eigenvalue weighted by atomic mass is 16.5. The van der Waals surface area contributed by atoms with Crippen molar-refractivity contribution in [3.8, 4) is 5.75 Å². The van der Waals surface area contributed by atoms with Crippen LogP contribution in [0.15, 0.2) is 24.3 Å². The van der Waals surface area contributed by atoms with E-state index in [0.29, 0.717) is 6.42 Å². The normalized spacial score (nSPS) is 18.6. The molecule has 0 aromatic heterocycles. The lowest BCUT2D eigenvalue weighted by Gasteiger charge is -2.10. The molecule has 0 bridgehead atoms. The Kier molecular flexibility index (Phi) is 4.59. The smallest absolute Gasteiger partial charge is 0.224 e. The number of hydrogen-bond acceptors (Lipinski definition) is 3. The fraction of sp³-hybridized carbons (Fsp3) is 0.500. The van der Waals surface area contributed by atoms with E-state index >= 15 is 0 Å². The molecular formula is C14H19NO3. The lowest BCUT2D eigenvalue weighted by atomic mass is 10.1. The van der Waals surface area contributed by atoms with Gasteiger partial charge in [-0.3, -0.25) is 4.79 Å². The van der Waals surface area contributed by atoms with E-state index in [0.717, 1.165) is 37.3 Å². The van der Waals surface area contributed by atoms with Gasteiger partial charge in [-0.1, -0.05) is 6.07 Å². The highest BCUT2D eigenvalue weighted by Gasteiger charge is 2.16. The van der Waals surface area contributed by atoms with E-state index < -0.39 is 0 Å². The van der Waals surface area contributed by atoms with Crippen LogP contribution in [0.4, 0.5) is 5.69 Å². The average Bonchev–Trinajstić information content (AvgIpc) is 2.90. The molecular weight excluding hydrogens is 230 g/mol. The molecule has 2 rings (SSSR count). The van der Waals surface area contributed by atoms with E-state index in [2.05, 4.69) is 5.32 Å². The molecule has 4 heteroatoms. The predicted octanol–water partition coefficient (Wildman–Crippen LogP) is 2.59. The van der Waals surface area contributed by atoms with Crippen LogP contribution in [0.5, 0.6) is 5.75 Å². The number of nitrogens with one attached hydrogen (secondary N) is 1. The lowest BCUT2D eigenvalue weighted by Crippen LogP contribution is -2.15. The van der Waals surface area contributed by atoms with E-state index in [1.54, 1.807) is 7.11 Å². The quantitative estimate of drug-likeness (QED) is 0.872. The van der Waals surface area contributed by atoms with E-state index in [-0.39, 0.29) is 12.0 Å². The van der Waals surface area contributed by atoms with Crippen molar-refractivity contribution in [2.45, 2.75) is 31.8 Å². The zero-order valence-electron chi connectivity index (χ0n) is 10.6. The Hall–Kier alpha value is -1.55. The molecule has 1 saturated heterocycles. The fourth-order valence-electron chi connectivity index (χ4n) is 2.09. The molecule has 1 aliphatic heterocycles. The number of methoxy groups -OCH3 is 1. The highest BCUT2D eigenvalue weighted by Crippen LogP contribution is 2.19. The highest BCUT2D eigenvalue weighted by molar-refractivity contribution is 5.90. The van der Waals surface area contributed by atoms with E-state index in [1.165, 1.54) is 0 Å². The number of anilines is 1. The van der Waals surface area contributed by atoms with Crippen molar-refractivity contribution < 1.29 is 14.3 Å². The summed E-state index contributed by atoms with van der Waals surface area (Å²) < 4.78 is 10.6. The van der Waals surface area contributed by atoms with E-state index in [4.69, 9.17) is 9.47 Å². The van der Waals surface area contributed by atoms with Gasteiger partial charge in [-0.05, 0) is 31.4 Å². The van der Waals surface area contributed by atoms with Crippen molar-refractivity contribution in [1.82, 2.24) is 0 Å². The van der Waals surface area contributed by atoms with Crippen LogP contribution in [0.3, 0.4) is 0 Å². The zero-order chi connectivity index (χ0) is 12.8. The molecule has 0 unspecified atom stereocenters. The lowest BCUT2D eigenvalue weighted by molar-refractivity contribution is -0.116. The number of benzene rings is 1. The van der Waals surface area contributed by atoms with Gasteiger partial charge in [0, 0.05) is 24.8 Å². The van der Waals surface area contributed by atoms with Crippen LogP contribution in [-0.4, -0.2) is 25.7 Å². The Morgan fingerprint density at radius 3 is 3.17 bits per heavy atom. The summed E-state index contributed by atoms with van der Waals surface area (Å²) >= 11 is 0. The molecule has 4 nitrogen and oxygen atoms in total. The molecule has 0 radical (unpaired) electrons. The van der Waals surface area contributed by atoms with Gasteiger partial charge in [0.1, 0.15) is 5.75 Å². The van der Waals surface area contributed by atoms with Crippen LogP contribution < -0.4 is 10.1 Å². The topological polar surface area (TPSA) is 47.6 Å². The van der Waals surface area contributed by atoms with E-state index in [9.17, 15) is 4.79 Å². The van der Waals surface area contributed by atoms with Crippen LogP contribution in [0.1, 0.15) is 25.7 Å². The third-order valence-electron chi connectivity index (χ3n) is 3.07. The Labute approximate surface area is 107 Å². The van der Waals surface area contributed by atoms with Crippen LogP contribution in [0.25, 0.3) is 0 Å². The fourth-order valence-corrected chi connectivity index (χ4v) is 2.09. The van der Waals surface area contributed by atoms with Gasteiger partial charge in [-0.25, -0.2) is 0 Å². The second-order valence-corrected chi connectivity index (χ2v) is 4.45. The maximum atomic E-state index is 11.8. The first-order valence-electron chi connectivity index (χ1n) is 6.33. The van der Waals surface area contributed by atoms with Gasteiger partial charge >= 0.3 is 0 Å². The molecule has 18 heavy (non-hydrogen) atoms. The summed E-state index contributed by atoms with van der Waals surface area (Å²) in [6.45, 7) is 0.835. The van der Waals surface area contributed by atoms with Crippen LogP contribution in [0, 0.1) is 0 Å². The molecule has 1 aromatic carbocycles. The number of amides is 1. The summed E-state index contributed by atoms with van der Waals surface area (Å²) in [6, 6.07) is 7.37. The van der Waals surface area contributed by atoms with Gasteiger partial charge in [0.05, 0.1) is 13.2 Å². The van der Waals surface area contributed by atoms with Crippen molar-refractivity contribution >= 4 is 11.6 Å². The number of hydrogen-bond donors (Lipinski definition) is 1. The first kappa shape index (κ1) is 12.9. The third kappa shape index (κ3) is 3.74. The van der Waals surface area contributed by atoms with Crippen molar-refractivity contribution in [3.63, 3.8) is 0 Å². The zero-order valence-corrected chi connectivity index (χ0v) is 10.6. The van der Waals surface area contributed by atoms with Crippen molar-refractivity contribution in [2.24, 2.45) is 0 Å². The summed E-state index contributed by atoms with van der Waals surface area (Å²) in [4.78, 5) is 11.8. The number of carbonyl (C=O) groups excluding carboxylic acids is 1. The van der Waals surface area contributed by atoms with Gasteiger partial charge < -0.3 is 14.8 Å². The molecule has 1 N–H and O–H groups in total. The molecule has 1 aromatic rings. The van der Waals surface area contributed by atoms with Gasteiger partial charge in [-0.15, -0.1) is 0 Å². The summed E-state index contributed by atoms with van der Waals surface area (Å²) in [5.74, 6) is 0.769. The predicted molar refractivity (Wildman–Crippen MR) is 69.8 cm³/mol. The van der Waals surface area contributed by atoms with Gasteiger partial charge in [0.2, 0.25) is 5.91 Å². The molecule has 1 aliphatic rings. The minimum atomic E-state index is 0.0266. The number of rotatable bonds is 5.